The van der Waals surface area contributed by atoms with E-state index < -0.39 is 5.54 Å². The number of carbonyl (C=O) groups excluding carboxylic acids is 1. The van der Waals surface area contributed by atoms with E-state index in [9.17, 15) is 9.90 Å². The molecule has 1 aliphatic carbocycles. The molecule has 0 aliphatic heterocycles. The van der Waals surface area contributed by atoms with Crippen LogP contribution >= 0.6 is 0 Å². The van der Waals surface area contributed by atoms with Crippen molar-refractivity contribution in [2.45, 2.75) is 32.2 Å². The van der Waals surface area contributed by atoms with Crippen LogP contribution in [0.4, 0.5) is 10.5 Å². The summed E-state index contributed by atoms with van der Waals surface area (Å²) < 4.78 is 0. The van der Waals surface area contributed by atoms with Crippen LogP contribution in [0.3, 0.4) is 0 Å². The van der Waals surface area contributed by atoms with Gasteiger partial charge in [-0.3, -0.25) is 0 Å². The van der Waals surface area contributed by atoms with Gasteiger partial charge in [0.2, 0.25) is 0 Å². The number of amides is 2. The van der Waals surface area contributed by atoms with Crippen molar-refractivity contribution in [1.82, 2.24) is 5.32 Å². The summed E-state index contributed by atoms with van der Waals surface area (Å²) in [5.74, 6) is 0. The summed E-state index contributed by atoms with van der Waals surface area (Å²) in [6.07, 6.45) is 2.14. The van der Waals surface area contributed by atoms with Gasteiger partial charge in [0.15, 0.2) is 0 Å². The van der Waals surface area contributed by atoms with E-state index >= 15 is 0 Å². The van der Waals surface area contributed by atoms with E-state index in [1.807, 2.05) is 18.2 Å². The van der Waals surface area contributed by atoms with Crippen LogP contribution < -0.4 is 10.6 Å². The van der Waals surface area contributed by atoms with Crippen LogP contribution in [-0.4, -0.2) is 23.3 Å². The van der Waals surface area contributed by atoms with E-state index in [0.717, 1.165) is 23.9 Å². The largest absolute Gasteiger partial charge is 0.394 e. The Labute approximate surface area is 124 Å². The number of aliphatic hydroxyl groups excluding tert-OH is 1. The van der Waals surface area contributed by atoms with Gasteiger partial charge in [-0.25, -0.2) is 4.79 Å². The zero-order valence-electron chi connectivity index (χ0n) is 12.4. The number of hydrogen-bond acceptors (Lipinski definition) is 2. The minimum absolute atomic E-state index is 0.107. The Bertz CT molecular complexity index is 697. The molecule has 0 unspecified atom stereocenters. The zero-order valence-corrected chi connectivity index (χ0v) is 12.4. The van der Waals surface area contributed by atoms with Crippen molar-refractivity contribution >= 4 is 22.5 Å². The topological polar surface area (TPSA) is 61.4 Å². The summed E-state index contributed by atoms with van der Waals surface area (Å²) in [5.41, 5.74) is 2.87. The number of hydrogen-bond donors (Lipinski definition) is 3. The first-order chi connectivity index (χ1) is 10.00. The molecule has 0 heterocycles. The Morgan fingerprint density at radius 1 is 1.19 bits per heavy atom. The quantitative estimate of drug-likeness (QED) is 0.811. The van der Waals surface area contributed by atoms with Crippen LogP contribution in [-0.2, 0) is 12.8 Å². The van der Waals surface area contributed by atoms with Gasteiger partial charge in [0.05, 0.1) is 17.8 Å². The molecule has 1 aliphatic rings. The Kier molecular flexibility index (Phi) is 3.33. The second-order valence-corrected chi connectivity index (χ2v) is 6.23. The molecule has 4 nitrogen and oxygen atoms in total. The molecule has 0 saturated heterocycles. The summed E-state index contributed by atoms with van der Waals surface area (Å²) in [5, 5.41) is 17.2. The smallest absolute Gasteiger partial charge is 0.319 e. The van der Waals surface area contributed by atoms with Crippen molar-refractivity contribution < 1.29 is 9.90 Å². The molecule has 0 fully saturated rings. The van der Waals surface area contributed by atoms with Gasteiger partial charge < -0.3 is 15.7 Å². The summed E-state index contributed by atoms with van der Waals surface area (Å²) in [6.45, 7) is 3.45. The third-order valence-electron chi connectivity index (χ3n) is 3.97. The molecule has 0 bridgehead atoms. The lowest BCUT2D eigenvalue weighted by Gasteiger charge is -2.23. The molecule has 0 radical (unpaired) electrons. The van der Waals surface area contributed by atoms with Crippen molar-refractivity contribution in [2.75, 3.05) is 11.9 Å². The highest BCUT2D eigenvalue weighted by molar-refractivity contribution is 6.04. The van der Waals surface area contributed by atoms with Crippen molar-refractivity contribution in [3.8, 4) is 0 Å². The number of nitrogens with one attached hydrogen (secondary N) is 2. The minimum atomic E-state index is -0.640. The predicted molar refractivity (Wildman–Crippen MR) is 84.7 cm³/mol. The van der Waals surface area contributed by atoms with E-state index in [1.165, 1.54) is 16.5 Å². The molecule has 2 aromatic carbocycles. The second-order valence-electron chi connectivity index (χ2n) is 6.23. The first-order valence-electron chi connectivity index (χ1n) is 7.24. The fraction of sp³-hybridized carbons (Fsp3) is 0.353. The van der Waals surface area contributed by atoms with Crippen molar-refractivity contribution in [3.05, 3.63) is 41.5 Å². The highest BCUT2D eigenvalue weighted by Crippen LogP contribution is 2.34. The van der Waals surface area contributed by atoms with Gasteiger partial charge in [-0.1, -0.05) is 24.3 Å². The maximum atomic E-state index is 12.1. The van der Waals surface area contributed by atoms with Crippen molar-refractivity contribution in [2.24, 2.45) is 0 Å². The summed E-state index contributed by atoms with van der Waals surface area (Å²) in [6, 6.07) is 9.97. The lowest BCUT2D eigenvalue weighted by Crippen LogP contribution is -2.48. The molecule has 0 atom stereocenters. The SMILES string of the molecule is CC(C)(CO)NC(=O)Nc1ccc2c3c(cccc13)CC2. The zero-order chi connectivity index (χ0) is 15.0. The fourth-order valence-electron chi connectivity index (χ4n) is 2.86. The number of anilines is 1. The molecule has 3 rings (SSSR count). The van der Waals surface area contributed by atoms with Gasteiger partial charge in [-0.15, -0.1) is 0 Å². The predicted octanol–water partition coefficient (Wildman–Crippen LogP) is 2.83. The van der Waals surface area contributed by atoms with Crippen LogP contribution in [0.25, 0.3) is 10.8 Å². The van der Waals surface area contributed by atoms with E-state index in [-0.39, 0.29) is 12.6 Å². The lowest BCUT2D eigenvalue weighted by atomic mass is 10.0. The third-order valence-corrected chi connectivity index (χ3v) is 3.97. The monoisotopic (exact) mass is 284 g/mol. The highest BCUT2D eigenvalue weighted by Gasteiger charge is 2.20. The Morgan fingerprint density at radius 3 is 2.62 bits per heavy atom. The van der Waals surface area contributed by atoms with E-state index in [2.05, 4.69) is 22.8 Å². The number of rotatable bonds is 3. The highest BCUT2D eigenvalue weighted by atomic mass is 16.3. The number of benzene rings is 2. The molecule has 2 aromatic rings. The number of urea groups is 1. The molecular formula is C17H20N2O2. The van der Waals surface area contributed by atoms with Crippen molar-refractivity contribution in [3.63, 3.8) is 0 Å². The normalized spacial score (nSPS) is 13.5. The maximum Gasteiger partial charge on any atom is 0.319 e. The molecule has 2 amide bonds. The van der Waals surface area contributed by atoms with E-state index in [1.54, 1.807) is 13.8 Å². The molecule has 0 aromatic heterocycles. The molecular weight excluding hydrogens is 264 g/mol. The summed E-state index contributed by atoms with van der Waals surface area (Å²) in [7, 11) is 0. The average molecular weight is 284 g/mol. The van der Waals surface area contributed by atoms with Gasteiger partial charge in [-0.05, 0) is 49.3 Å². The second kappa shape index (κ2) is 5.04. The number of carbonyl (C=O) groups is 1. The first-order valence-corrected chi connectivity index (χ1v) is 7.24. The van der Waals surface area contributed by atoms with Gasteiger partial charge in [0, 0.05) is 5.39 Å². The van der Waals surface area contributed by atoms with Crippen LogP contribution in [0.15, 0.2) is 30.3 Å². The van der Waals surface area contributed by atoms with Gasteiger partial charge in [0.1, 0.15) is 0 Å². The lowest BCUT2D eigenvalue weighted by molar-refractivity contribution is 0.187. The molecule has 0 spiro atoms. The van der Waals surface area contributed by atoms with E-state index in [4.69, 9.17) is 0 Å². The van der Waals surface area contributed by atoms with Gasteiger partial charge in [0.25, 0.3) is 0 Å². The summed E-state index contributed by atoms with van der Waals surface area (Å²) in [4.78, 5) is 12.1. The van der Waals surface area contributed by atoms with Gasteiger partial charge >= 0.3 is 6.03 Å². The standard InChI is InChI=1S/C17H20N2O2/c1-17(2,10-20)19-16(21)18-14-9-8-12-7-6-11-4-3-5-13(14)15(11)12/h3-5,8-9,20H,6-7,10H2,1-2H3,(H2,18,19,21). The first kappa shape index (κ1) is 13.9. The summed E-state index contributed by atoms with van der Waals surface area (Å²) >= 11 is 0. The third kappa shape index (κ3) is 2.59. The average Bonchev–Trinajstić information content (AvgIpc) is 2.86. The molecule has 3 N–H and O–H groups in total. The van der Waals surface area contributed by atoms with Crippen LogP contribution in [0.1, 0.15) is 25.0 Å². The van der Waals surface area contributed by atoms with Crippen LogP contribution in [0, 0.1) is 0 Å². The Balaban J connectivity index is 1.91. The molecule has 21 heavy (non-hydrogen) atoms. The molecule has 110 valence electrons. The Hall–Kier alpha value is -2.07. The van der Waals surface area contributed by atoms with Crippen LogP contribution in [0.5, 0.6) is 0 Å². The molecule has 4 heteroatoms. The maximum absolute atomic E-state index is 12.1. The minimum Gasteiger partial charge on any atom is -0.394 e. The fourth-order valence-corrected chi connectivity index (χ4v) is 2.86. The van der Waals surface area contributed by atoms with E-state index in [0.29, 0.717) is 0 Å². The number of aryl methyl sites for hydroxylation is 2. The number of aliphatic hydroxyl groups is 1. The van der Waals surface area contributed by atoms with Gasteiger partial charge in [-0.2, -0.15) is 0 Å². The Morgan fingerprint density at radius 2 is 1.90 bits per heavy atom. The van der Waals surface area contributed by atoms with Crippen molar-refractivity contribution in [1.29, 1.82) is 0 Å². The van der Waals surface area contributed by atoms with Crippen LogP contribution in [0.2, 0.25) is 0 Å². The molecule has 0 saturated carbocycles.